The predicted octanol–water partition coefficient (Wildman–Crippen LogP) is -2.89. The lowest BCUT2D eigenvalue weighted by molar-refractivity contribution is -0.425. The normalized spacial score (nSPS) is 18.5. The third-order valence-electron chi connectivity index (χ3n) is 3.67. The van der Waals surface area contributed by atoms with Crippen molar-refractivity contribution >= 4 is 7.82 Å². The lowest BCUT2D eigenvalue weighted by Gasteiger charge is -2.25. The summed E-state index contributed by atoms with van der Waals surface area (Å²) in [7, 11) is -3.83. The summed E-state index contributed by atoms with van der Waals surface area (Å²) in [6.45, 7) is 0. The van der Waals surface area contributed by atoms with E-state index in [9.17, 15) is 14.4 Å². The first kappa shape index (κ1) is 30.8. The second-order valence-corrected chi connectivity index (χ2v) is 6.90. The van der Waals surface area contributed by atoms with Crippen molar-refractivity contribution in [2.45, 2.75) is 76.3 Å². The highest BCUT2D eigenvalue weighted by Gasteiger charge is 2.10. The van der Waals surface area contributed by atoms with Crippen LogP contribution < -0.4 is 21.3 Å². The first-order chi connectivity index (χ1) is 9.35. The topological polar surface area (TPSA) is 222 Å². The summed E-state index contributed by atoms with van der Waals surface area (Å²) in [6.07, 6.45) is 14.1. The monoisotopic (exact) mass is 364 g/mol. The molecule has 0 saturated heterocycles. The fourth-order valence-electron chi connectivity index (χ4n) is 2.37. The minimum atomic E-state index is -4.65. The lowest BCUT2D eigenvalue weighted by atomic mass is 9.97. The van der Waals surface area contributed by atoms with E-state index in [0.29, 0.717) is 0 Å². The molecule has 0 aromatic heterocycles. The fraction of sp³-hybridized carbons (Fsp3) is 1.00. The molecule has 146 valence electrons. The first-order valence-electron chi connectivity index (χ1n) is 7.59. The summed E-state index contributed by atoms with van der Waals surface area (Å²) in [5.41, 5.74) is 8.00. The highest BCUT2D eigenvalue weighted by molar-refractivity contribution is 7.43. The third-order valence-corrected chi connectivity index (χ3v) is 4.12. The summed E-state index contributed by atoms with van der Waals surface area (Å²) >= 11 is 0. The molecule has 0 spiro atoms. The lowest BCUT2D eigenvalue weighted by Crippen LogP contribution is -2.61. The van der Waals surface area contributed by atoms with Crippen LogP contribution in [0.1, 0.15) is 64.2 Å². The average Bonchev–Trinajstić information content (AvgIpc) is 2.41. The molecule has 12 N–H and O–H groups in total. The van der Waals surface area contributed by atoms with Gasteiger partial charge in [-0.15, -0.1) is 0 Å². The second-order valence-electron chi connectivity index (χ2n) is 5.64. The Hall–Kier alpha value is -0.0900. The van der Waals surface area contributed by atoms with Crippen molar-refractivity contribution in [3.05, 3.63) is 0 Å². The highest BCUT2D eigenvalue weighted by atomic mass is 31.2. The van der Waals surface area contributed by atoms with Crippen molar-refractivity contribution in [1.29, 1.82) is 0 Å². The summed E-state index contributed by atoms with van der Waals surface area (Å²) in [5.74, 6) is 0. The summed E-state index contributed by atoms with van der Waals surface area (Å²) in [6, 6.07) is 1.57. The number of phosphoric acid groups is 1. The minimum Gasteiger partial charge on any atom is -0.790 e. The molecule has 0 radical (unpaired) electrons. The Bertz CT molecular complexity index is 251. The molecule has 2 saturated carbocycles. The molecule has 0 heterocycles. The summed E-state index contributed by atoms with van der Waals surface area (Å²) in [4.78, 5) is 18.5. The Labute approximate surface area is 138 Å². The van der Waals surface area contributed by atoms with Crippen LogP contribution in [0.2, 0.25) is 0 Å². The van der Waals surface area contributed by atoms with Gasteiger partial charge >= 0.3 is 0 Å². The third kappa shape index (κ3) is 24.3. The molecule has 0 amide bonds. The van der Waals surface area contributed by atoms with Crippen LogP contribution in [0.3, 0.4) is 0 Å². The van der Waals surface area contributed by atoms with Crippen LogP contribution in [0.5, 0.6) is 0 Å². The second kappa shape index (κ2) is 18.3. The van der Waals surface area contributed by atoms with Crippen LogP contribution in [-0.4, -0.2) is 35.6 Å². The Morgan fingerprint density at radius 1 is 0.783 bits per heavy atom. The van der Waals surface area contributed by atoms with Crippen LogP contribution in [0.4, 0.5) is 0 Å². The van der Waals surface area contributed by atoms with Gasteiger partial charge in [0, 0.05) is 7.11 Å². The first-order valence-corrected chi connectivity index (χ1v) is 9.05. The predicted molar refractivity (Wildman–Crippen MR) is 85.0 cm³/mol. The number of phosphoric ester groups is 1. The van der Waals surface area contributed by atoms with E-state index in [-0.39, 0.29) is 16.4 Å². The zero-order valence-corrected chi connectivity index (χ0v) is 15.1. The van der Waals surface area contributed by atoms with Gasteiger partial charge in [-0.2, -0.15) is 0 Å². The van der Waals surface area contributed by atoms with Gasteiger partial charge in [-0.1, -0.05) is 12.8 Å². The number of hydrogen-bond donors (Lipinski definition) is 2. The fourth-order valence-corrected chi connectivity index (χ4v) is 2.37. The van der Waals surface area contributed by atoms with Gasteiger partial charge in [-0.05, 0) is 51.4 Å². The van der Waals surface area contributed by atoms with Crippen molar-refractivity contribution in [2.75, 3.05) is 7.11 Å². The molecule has 0 aromatic rings. The minimum absolute atomic E-state index is 0. The Morgan fingerprint density at radius 3 is 1.09 bits per heavy atom. The van der Waals surface area contributed by atoms with Crippen molar-refractivity contribution in [2.24, 2.45) is 0 Å². The van der Waals surface area contributed by atoms with Crippen molar-refractivity contribution < 1.29 is 46.8 Å². The van der Waals surface area contributed by atoms with E-state index in [1.54, 1.807) is 0 Å². The molecule has 9 nitrogen and oxygen atoms in total. The largest absolute Gasteiger partial charge is 0.790 e. The van der Waals surface area contributed by atoms with E-state index in [0.717, 1.165) is 19.2 Å². The van der Waals surface area contributed by atoms with Crippen LogP contribution in [0, 0.1) is 0 Å². The zero-order chi connectivity index (χ0) is 15.4. The Morgan fingerprint density at radius 2 is 1.00 bits per heavy atom. The molecule has 2 fully saturated rings. The molecule has 0 unspecified atom stereocenters. The maximum absolute atomic E-state index is 9.25. The Kier molecular flexibility index (Phi) is 24.4. The van der Waals surface area contributed by atoms with Gasteiger partial charge in [0.15, 0.2) is 0 Å². The number of hydrogen-bond acceptors (Lipinski definition) is 4. The van der Waals surface area contributed by atoms with Gasteiger partial charge in [0.2, 0.25) is 0 Å². The molecule has 2 aliphatic carbocycles. The molecule has 0 aromatic carbocycles. The zero-order valence-electron chi connectivity index (χ0n) is 14.2. The van der Waals surface area contributed by atoms with Crippen LogP contribution in [0.25, 0.3) is 0 Å². The molecular weight excluding hydrogens is 327 g/mol. The number of quaternary nitrogens is 2. The van der Waals surface area contributed by atoms with Gasteiger partial charge in [-0.3, -0.25) is 0 Å². The van der Waals surface area contributed by atoms with Gasteiger partial charge in [-0.25, -0.2) is 0 Å². The highest BCUT2D eigenvalue weighted by Crippen LogP contribution is 2.21. The Balaban J connectivity index is -0.000000111. The van der Waals surface area contributed by atoms with E-state index >= 15 is 0 Å². The van der Waals surface area contributed by atoms with Gasteiger partial charge < -0.3 is 46.8 Å². The molecule has 10 heteroatoms. The van der Waals surface area contributed by atoms with Crippen molar-refractivity contribution in [3.63, 3.8) is 0 Å². The average molecular weight is 364 g/mol. The van der Waals surface area contributed by atoms with Gasteiger partial charge in [0.1, 0.15) is 0 Å². The van der Waals surface area contributed by atoms with Gasteiger partial charge in [0.25, 0.3) is 0 Å². The van der Waals surface area contributed by atoms with Crippen molar-refractivity contribution in [3.8, 4) is 0 Å². The smallest absolute Gasteiger partial charge is 0.0843 e. The molecule has 0 atom stereocenters. The van der Waals surface area contributed by atoms with Crippen molar-refractivity contribution in [1.82, 2.24) is 0 Å². The van der Waals surface area contributed by atoms with Crippen LogP contribution in [0.15, 0.2) is 0 Å². The molecular formula is C13H37N2O7P. The van der Waals surface area contributed by atoms with Gasteiger partial charge in [0.05, 0.1) is 19.9 Å². The van der Waals surface area contributed by atoms with E-state index < -0.39 is 7.82 Å². The maximum atomic E-state index is 9.25. The molecule has 2 rings (SSSR count). The van der Waals surface area contributed by atoms with E-state index in [4.69, 9.17) is 0 Å². The van der Waals surface area contributed by atoms with E-state index in [2.05, 4.69) is 16.0 Å². The summed E-state index contributed by atoms with van der Waals surface area (Å²) < 4.78 is 12.6. The molecule has 23 heavy (non-hydrogen) atoms. The molecule has 0 bridgehead atoms. The molecule has 2 aliphatic rings. The SMILES string of the molecule is COP(=O)([O-])[O-].O.O.O.[NH3+]C1CCCCC1.[NH3+]C1CCCCC1. The maximum Gasteiger partial charge on any atom is 0.0843 e. The van der Waals surface area contributed by atoms with E-state index in [1.807, 2.05) is 0 Å². The quantitative estimate of drug-likeness (QED) is 0.467. The standard InChI is InChI=1S/2C6H13N.CH5O4P.3H2O/c2*7-6-4-2-1-3-5-6;1-5-6(2,3)4;;;/h2*6H,1-5,7H2;1H3,(H2,2,3,4);3*1H2. The van der Waals surface area contributed by atoms with Crippen LogP contribution >= 0.6 is 7.82 Å². The summed E-state index contributed by atoms with van der Waals surface area (Å²) in [5, 5.41) is 0. The number of rotatable bonds is 1. The van der Waals surface area contributed by atoms with E-state index in [1.165, 1.54) is 64.2 Å². The molecule has 0 aliphatic heterocycles. The van der Waals surface area contributed by atoms with Crippen LogP contribution in [-0.2, 0) is 9.09 Å².